The van der Waals surface area contributed by atoms with Crippen molar-refractivity contribution in [3.05, 3.63) is 35.6 Å². The van der Waals surface area contributed by atoms with E-state index in [4.69, 9.17) is 0 Å². The third-order valence-electron chi connectivity index (χ3n) is 3.39. The molecule has 2 atom stereocenters. The minimum atomic E-state index is -0.529. The van der Waals surface area contributed by atoms with Crippen LogP contribution in [0.2, 0.25) is 0 Å². The van der Waals surface area contributed by atoms with Gasteiger partial charge >= 0.3 is 0 Å². The maximum absolute atomic E-state index is 13.2. The van der Waals surface area contributed by atoms with Gasteiger partial charge in [-0.15, -0.1) is 0 Å². The molecule has 0 radical (unpaired) electrons. The first-order chi connectivity index (χ1) is 9.02. The van der Waals surface area contributed by atoms with Gasteiger partial charge in [0.1, 0.15) is 17.9 Å². The van der Waals surface area contributed by atoms with Crippen LogP contribution in [0, 0.1) is 5.82 Å². The number of benzene rings is 1. The largest absolute Gasteiger partial charge is 0.343 e. The highest BCUT2D eigenvalue weighted by Gasteiger charge is 2.36. The van der Waals surface area contributed by atoms with Crippen LogP contribution in [-0.2, 0) is 16.1 Å². The van der Waals surface area contributed by atoms with Gasteiger partial charge in [0.15, 0.2) is 0 Å². The smallest absolute Gasteiger partial charge is 0.246 e. The fourth-order valence-corrected chi connectivity index (χ4v) is 2.21. The summed E-state index contributed by atoms with van der Waals surface area (Å²) in [7, 11) is 0. The third-order valence-corrected chi connectivity index (χ3v) is 3.39. The van der Waals surface area contributed by atoms with Crippen LogP contribution >= 0.6 is 0 Å². The second-order valence-corrected chi connectivity index (χ2v) is 4.74. The van der Waals surface area contributed by atoms with Crippen molar-refractivity contribution < 1.29 is 14.0 Å². The molecular formula is C14H17FN2O2. The Morgan fingerprint density at radius 3 is 2.74 bits per heavy atom. The van der Waals surface area contributed by atoms with E-state index in [1.54, 1.807) is 19.1 Å². The van der Waals surface area contributed by atoms with Crippen molar-refractivity contribution in [2.24, 2.45) is 0 Å². The number of amides is 2. The Labute approximate surface area is 111 Å². The second-order valence-electron chi connectivity index (χ2n) is 4.74. The molecule has 1 saturated heterocycles. The zero-order valence-corrected chi connectivity index (χ0v) is 11.0. The number of rotatable bonds is 3. The van der Waals surface area contributed by atoms with Crippen LogP contribution < -0.4 is 5.32 Å². The van der Waals surface area contributed by atoms with E-state index >= 15 is 0 Å². The molecule has 5 heteroatoms. The van der Waals surface area contributed by atoms with Crippen molar-refractivity contribution in [2.45, 2.75) is 38.9 Å². The minimum Gasteiger partial charge on any atom is -0.343 e. The van der Waals surface area contributed by atoms with Gasteiger partial charge in [0.25, 0.3) is 0 Å². The monoisotopic (exact) mass is 264 g/mol. The molecular weight excluding hydrogens is 247 g/mol. The van der Waals surface area contributed by atoms with E-state index in [0.29, 0.717) is 12.0 Å². The lowest BCUT2D eigenvalue weighted by atomic mass is 10.0. The number of carbonyl (C=O) groups excluding carboxylic acids is 2. The van der Waals surface area contributed by atoms with Crippen molar-refractivity contribution in [2.75, 3.05) is 0 Å². The van der Waals surface area contributed by atoms with E-state index in [1.807, 2.05) is 6.92 Å². The molecule has 0 aromatic heterocycles. The summed E-state index contributed by atoms with van der Waals surface area (Å²) < 4.78 is 13.2. The average molecular weight is 264 g/mol. The first-order valence-electron chi connectivity index (χ1n) is 6.38. The maximum atomic E-state index is 13.2. The molecule has 0 spiro atoms. The van der Waals surface area contributed by atoms with E-state index in [9.17, 15) is 14.0 Å². The van der Waals surface area contributed by atoms with Gasteiger partial charge in [0, 0.05) is 6.54 Å². The summed E-state index contributed by atoms with van der Waals surface area (Å²) in [6.45, 7) is 3.78. The van der Waals surface area contributed by atoms with Crippen LogP contribution in [0.4, 0.5) is 4.39 Å². The first kappa shape index (κ1) is 13.5. The van der Waals surface area contributed by atoms with Crippen molar-refractivity contribution in [1.29, 1.82) is 0 Å². The Morgan fingerprint density at radius 1 is 1.37 bits per heavy atom. The van der Waals surface area contributed by atoms with Crippen LogP contribution in [0.5, 0.6) is 0 Å². The predicted octanol–water partition coefficient (Wildman–Crippen LogP) is 1.45. The van der Waals surface area contributed by atoms with E-state index in [2.05, 4.69) is 5.32 Å². The lowest BCUT2D eigenvalue weighted by Gasteiger charge is -2.37. The summed E-state index contributed by atoms with van der Waals surface area (Å²) in [5.41, 5.74) is 0.685. The minimum absolute atomic E-state index is 0.112. The lowest BCUT2D eigenvalue weighted by Crippen LogP contribution is -2.61. The highest BCUT2D eigenvalue weighted by Crippen LogP contribution is 2.16. The highest BCUT2D eigenvalue weighted by atomic mass is 19.1. The number of nitrogens with one attached hydrogen (secondary N) is 1. The van der Waals surface area contributed by atoms with Gasteiger partial charge in [-0.25, -0.2) is 4.39 Å². The fourth-order valence-electron chi connectivity index (χ4n) is 2.21. The quantitative estimate of drug-likeness (QED) is 0.898. The summed E-state index contributed by atoms with van der Waals surface area (Å²) >= 11 is 0. The Kier molecular flexibility index (Phi) is 3.83. The molecule has 0 bridgehead atoms. The highest BCUT2D eigenvalue weighted by molar-refractivity contribution is 5.96. The lowest BCUT2D eigenvalue weighted by molar-refractivity contribution is -0.149. The van der Waals surface area contributed by atoms with Crippen molar-refractivity contribution in [1.82, 2.24) is 10.2 Å². The van der Waals surface area contributed by atoms with E-state index in [1.165, 1.54) is 17.0 Å². The molecule has 1 heterocycles. The standard InChI is InChI=1S/C14H17FN2O2/c1-3-12-14(19)17(9(2)13(18)16-12)8-10-5-4-6-11(15)7-10/h4-7,9,12H,3,8H2,1-2H3,(H,16,18). The maximum Gasteiger partial charge on any atom is 0.246 e. The van der Waals surface area contributed by atoms with Gasteiger partial charge in [0.2, 0.25) is 11.8 Å². The molecule has 1 aliphatic heterocycles. The van der Waals surface area contributed by atoms with Crippen molar-refractivity contribution >= 4 is 11.8 Å². The summed E-state index contributed by atoms with van der Waals surface area (Å²) in [6, 6.07) is 5.08. The normalized spacial score (nSPS) is 23.4. The van der Waals surface area contributed by atoms with E-state index in [-0.39, 0.29) is 24.2 Å². The number of nitrogens with zero attached hydrogens (tertiary/aromatic N) is 1. The molecule has 2 unspecified atom stereocenters. The molecule has 2 rings (SSSR count). The van der Waals surface area contributed by atoms with Crippen LogP contribution in [0.25, 0.3) is 0 Å². The van der Waals surface area contributed by atoms with Gasteiger partial charge in [-0.3, -0.25) is 9.59 Å². The average Bonchev–Trinajstić information content (AvgIpc) is 2.39. The number of piperazine rings is 1. The third kappa shape index (κ3) is 2.75. The molecule has 1 fully saturated rings. The van der Waals surface area contributed by atoms with Gasteiger partial charge < -0.3 is 10.2 Å². The SMILES string of the molecule is CCC1NC(=O)C(C)N(Cc2cccc(F)c2)C1=O. The second kappa shape index (κ2) is 5.38. The molecule has 0 saturated carbocycles. The molecule has 1 aliphatic rings. The Morgan fingerprint density at radius 2 is 2.11 bits per heavy atom. The van der Waals surface area contributed by atoms with Crippen LogP contribution in [0.15, 0.2) is 24.3 Å². The van der Waals surface area contributed by atoms with E-state index in [0.717, 1.165) is 0 Å². The van der Waals surface area contributed by atoms with Gasteiger partial charge in [0.05, 0.1) is 0 Å². The molecule has 1 aromatic rings. The predicted molar refractivity (Wildman–Crippen MR) is 68.6 cm³/mol. The van der Waals surface area contributed by atoms with E-state index < -0.39 is 12.1 Å². The fraction of sp³-hybridized carbons (Fsp3) is 0.429. The number of carbonyl (C=O) groups is 2. The molecule has 1 N–H and O–H groups in total. The molecule has 1 aromatic carbocycles. The first-order valence-corrected chi connectivity index (χ1v) is 6.38. The van der Waals surface area contributed by atoms with Crippen molar-refractivity contribution in [3.63, 3.8) is 0 Å². The number of hydrogen-bond acceptors (Lipinski definition) is 2. The molecule has 102 valence electrons. The topological polar surface area (TPSA) is 49.4 Å². The van der Waals surface area contributed by atoms with Crippen LogP contribution in [0.3, 0.4) is 0 Å². The Balaban J connectivity index is 2.21. The molecule has 19 heavy (non-hydrogen) atoms. The van der Waals surface area contributed by atoms with Gasteiger partial charge in [-0.05, 0) is 31.0 Å². The van der Waals surface area contributed by atoms with Crippen LogP contribution in [0.1, 0.15) is 25.8 Å². The zero-order chi connectivity index (χ0) is 14.0. The summed E-state index contributed by atoms with van der Waals surface area (Å²) in [6.07, 6.45) is 0.553. The zero-order valence-electron chi connectivity index (χ0n) is 11.0. The number of hydrogen-bond donors (Lipinski definition) is 1. The van der Waals surface area contributed by atoms with Crippen molar-refractivity contribution in [3.8, 4) is 0 Å². The van der Waals surface area contributed by atoms with Gasteiger partial charge in [-0.1, -0.05) is 19.1 Å². The summed E-state index contributed by atoms with van der Waals surface area (Å²) in [5.74, 6) is -0.618. The van der Waals surface area contributed by atoms with Gasteiger partial charge in [-0.2, -0.15) is 0 Å². The number of halogens is 1. The van der Waals surface area contributed by atoms with Crippen LogP contribution in [-0.4, -0.2) is 28.8 Å². The molecule has 0 aliphatic carbocycles. The Hall–Kier alpha value is -1.91. The summed E-state index contributed by atoms with van der Waals surface area (Å²) in [4.78, 5) is 25.5. The molecule has 4 nitrogen and oxygen atoms in total. The summed E-state index contributed by atoms with van der Waals surface area (Å²) in [5, 5.41) is 2.69. The Bertz CT molecular complexity index is 504. The molecule has 2 amide bonds.